The largest absolute Gasteiger partial charge is 0.449 e. The molecule has 0 fully saturated rings. The maximum atomic E-state index is 12.8. The lowest BCUT2D eigenvalue weighted by Crippen LogP contribution is -2.55. The summed E-state index contributed by atoms with van der Waals surface area (Å²) in [4.78, 5) is 36.4. The summed E-state index contributed by atoms with van der Waals surface area (Å²) in [6, 6.07) is 15.5. The molecule has 33 heavy (non-hydrogen) atoms. The third-order valence-electron chi connectivity index (χ3n) is 5.86. The van der Waals surface area contributed by atoms with Gasteiger partial charge < -0.3 is 20.7 Å². The predicted octanol–water partition coefficient (Wildman–Crippen LogP) is 3.78. The van der Waals surface area contributed by atoms with Crippen molar-refractivity contribution in [2.45, 2.75) is 52.2 Å². The molecule has 3 N–H and O–H groups in total. The van der Waals surface area contributed by atoms with Crippen LogP contribution in [0.15, 0.2) is 48.5 Å². The Kier molecular flexibility index (Phi) is 8.09. The van der Waals surface area contributed by atoms with Crippen LogP contribution in [0.2, 0.25) is 0 Å². The molecule has 3 amide bonds. The average Bonchev–Trinajstić information content (AvgIpc) is 3.09. The first-order valence-corrected chi connectivity index (χ1v) is 11.4. The summed E-state index contributed by atoms with van der Waals surface area (Å²) >= 11 is 0. The van der Waals surface area contributed by atoms with Crippen LogP contribution in [-0.4, -0.2) is 37.2 Å². The first kappa shape index (κ1) is 24.3. The predicted molar refractivity (Wildman–Crippen MR) is 127 cm³/mol. The molecule has 1 aliphatic carbocycles. The zero-order chi connectivity index (χ0) is 24.0. The Bertz CT molecular complexity index is 944. The number of amides is 3. The molecule has 3 rings (SSSR count). The summed E-state index contributed by atoms with van der Waals surface area (Å²) in [5.41, 5.74) is 4.56. The van der Waals surface area contributed by atoms with Crippen LogP contribution in [0, 0.1) is 11.8 Å². The number of fused-ring (bicyclic) bond motifs is 3. The highest BCUT2D eigenvalue weighted by Gasteiger charge is 2.31. The number of hydrogen-bond acceptors (Lipinski definition) is 4. The number of hydrogen-bond donors (Lipinski definition) is 3. The van der Waals surface area contributed by atoms with E-state index in [0.717, 1.165) is 22.3 Å². The van der Waals surface area contributed by atoms with E-state index >= 15 is 0 Å². The summed E-state index contributed by atoms with van der Waals surface area (Å²) in [7, 11) is 0. The number of ether oxygens (including phenoxy) is 1. The smallest absolute Gasteiger partial charge is 0.407 e. The minimum absolute atomic E-state index is 0.0540. The third-order valence-corrected chi connectivity index (χ3v) is 5.86. The molecule has 7 nitrogen and oxygen atoms in total. The van der Waals surface area contributed by atoms with Crippen LogP contribution < -0.4 is 16.0 Å². The van der Waals surface area contributed by atoms with Crippen LogP contribution in [0.4, 0.5) is 4.79 Å². The van der Waals surface area contributed by atoms with E-state index in [4.69, 9.17) is 4.74 Å². The molecule has 0 aliphatic heterocycles. The fraction of sp³-hybridized carbons (Fsp3) is 0.423. The van der Waals surface area contributed by atoms with Gasteiger partial charge in [-0.15, -0.1) is 0 Å². The van der Waals surface area contributed by atoms with E-state index in [9.17, 15) is 14.4 Å². The van der Waals surface area contributed by atoms with Gasteiger partial charge in [0.2, 0.25) is 12.3 Å². The van der Waals surface area contributed by atoms with Gasteiger partial charge in [-0.3, -0.25) is 9.59 Å². The summed E-state index contributed by atoms with van der Waals surface area (Å²) in [5.74, 6) is -0.308. The highest BCUT2D eigenvalue weighted by atomic mass is 16.5. The molecule has 0 radical (unpaired) electrons. The monoisotopic (exact) mass is 451 g/mol. The number of benzene rings is 2. The quantitative estimate of drug-likeness (QED) is 0.378. The normalized spacial score (nSPS) is 14.2. The van der Waals surface area contributed by atoms with Crippen molar-refractivity contribution < 1.29 is 19.1 Å². The van der Waals surface area contributed by atoms with Gasteiger partial charge in [0.25, 0.3) is 0 Å². The minimum atomic E-state index is -0.788. The van der Waals surface area contributed by atoms with Gasteiger partial charge in [-0.2, -0.15) is 0 Å². The van der Waals surface area contributed by atoms with Gasteiger partial charge in [-0.1, -0.05) is 76.2 Å². The fourth-order valence-electron chi connectivity index (χ4n) is 4.29. The molecule has 0 heterocycles. The van der Waals surface area contributed by atoms with Gasteiger partial charge in [0.1, 0.15) is 18.8 Å². The molecule has 2 atom stereocenters. The molecule has 0 saturated heterocycles. The zero-order valence-electron chi connectivity index (χ0n) is 19.6. The molecule has 176 valence electrons. The maximum absolute atomic E-state index is 12.8. The lowest BCUT2D eigenvalue weighted by molar-refractivity contribution is -0.125. The van der Waals surface area contributed by atoms with Crippen molar-refractivity contribution in [3.63, 3.8) is 0 Å². The second kappa shape index (κ2) is 11.0. The van der Waals surface area contributed by atoms with Gasteiger partial charge in [0, 0.05) is 5.92 Å². The van der Waals surface area contributed by atoms with Crippen molar-refractivity contribution in [1.29, 1.82) is 0 Å². The van der Waals surface area contributed by atoms with Crippen LogP contribution in [0.5, 0.6) is 0 Å². The van der Waals surface area contributed by atoms with E-state index in [1.807, 2.05) is 52.0 Å². The maximum Gasteiger partial charge on any atom is 0.407 e. The van der Waals surface area contributed by atoms with Crippen LogP contribution in [0.1, 0.15) is 51.2 Å². The second-order valence-corrected chi connectivity index (χ2v) is 9.17. The van der Waals surface area contributed by atoms with Crippen LogP contribution in [0.3, 0.4) is 0 Å². The van der Waals surface area contributed by atoms with Crippen molar-refractivity contribution >= 4 is 18.4 Å². The Labute approximate surface area is 195 Å². The van der Waals surface area contributed by atoms with E-state index < -0.39 is 18.3 Å². The van der Waals surface area contributed by atoms with E-state index in [-0.39, 0.29) is 30.3 Å². The molecular weight excluding hydrogens is 418 g/mol. The van der Waals surface area contributed by atoms with Gasteiger partial charge in [-0.05, 0) is 40.5 Å². The lowest BCUT2D eigenvalue weighted by atomic mass is 9.98. The lowest BCUT2D eigenvalue weighted by Gasteiger charge is -2.26. The first-order chi connectivity index (χ1) is 15.8. The van der Waals surface area contributed by atoms with Crippen LogP contribution >= 0.6 is 0 Å². The topological polar surface area (TPSA) is 96.5 Å². The Morgan fingerprint density at radius 3 is 2.03 bits per heavy atom. The molecule has 2 aromatic carbocycles. The summed E-state index contributed by atoms with van der Waals surface area (Å²) < 4.78 is 5.59. The van der Waals surface area contributed by atoms with E-state index in [1.165, 1.54) is 0 Å². The van der Waals surface area contributed by atoms with Gasteiger partial charge >= 0.3 is 6.09 Å². The molecule has 7 heteroatoms. The molecule has 0 saturated carbocycles. The third kappa shape index (κ3) is 5.92. The molecule has 2 aromatic rings. The highest BCUT2D eigenvalue weighted by Crippen LogP contribution is 2.44. The SMILES string of the molecule is CC(C)C[C@@H](NC=O)NC(=O)[C@@H](NC(=O)OCC1c2ccccc2-c2ccccc21)C(C)C. The number of carbonyl (C=O) groups excluding carboxylic acids is 3. The Balaban J connectivity index is 1.64. The van der Waals surface area contributed by atoms with E-state index in [1.54, 1.807) is 0 Å². The summed E-state index contributed by atoms with van der Waals surface area (Å²) in [6.45, 7) is 7.87. The number of carbonyl (C=O) groups is 3. The van der Waals surface area contributed by atoms with Crippen LogP contribution in [0.25, 0.3) is 11.1 Å². The van der Waals surface area contributed by atoms with Crippen molar-refractivity contribution in [3.8, 4) is 11.1 Å². The van der Waals surface area contributed by atoms with Crippen molar-refractivity contribution in [1.82, 2.24) is 16.0 Å². The van der Waals surface area contributed by atoms with Crippen LogP contribution in [-0.2, 0) is 14.3 Å². The number of rotatable bonds is 10. The number of nitrogens with one attached hydrogen (secondary N) is 3. The fourth-order valence-corrected chi connectivity index (χ4v) is 4.29. The van der Waals surface area contributed by atoms with Crippen molar-refractivity contribution in [3.05, 3.63) is 59.7 Å². The first-order valence-electron chi connectivity index (χ1n) is 11.4. The number of alkyl carbamates (subject to hydrolysis) is 1. The average molecular weight is 452 g/mol. The molecule has 0 spiro atoms. The minimum Gasteiger partial charge on any atom is -0.449 e. The zero-order valence-corrected chi connectivity index (χ0v) is 19.6. The molecule has 0 bridgehead atoms. The Hall–Kier alpha value is -3.35. The van der Waals surface area contributed by atoms with Crippen molar-refractivity contribution in [2.75, 3.05) is 6.61 Å². The standard InChI is InChI=1S/C26H33N3O4/c1-16(2)13-23(27-15-30)28-25(31)24(17(3)4)29-26(32)33-14-22-20-11-7-5-9-18(20)19-10-6-8-12-21(19)22/h5-12,15-17,22-24H,13-14H2,1-4H3,(H,27,30)(H,28,31)(H,29,32)/t23-,24-/m0/s1. The molecular formula is C26H33N3O4. The van der Waals surface area contributed by atoms with Crippen molar-refractivity contribution in [2.24, 2.45) is 11.8 Å². The molecule has 1 aliphatic rings. The second-order valence-electron chi connectivity index (χ2n) is 9.17. The highest BCUT2D eigenvalue weighted by molar-refractivity contribution is 5.86. The Morgan fingerprint density at radius 2 is 1.52 bits per heavy atom. The summed E-state index contributed by atoms with van der Waals surface area (Å²) in [6.07, 6.45) is 0.00623. The van der Waals surface area contributed by atoms with E-state index in [2.05, 4.69) is 40.2 Å². The summed E-state index contributed by atoms with van der Waals surface area (Å²) in [5, 5.41) is 8.12. The van der Waals surface area contributed by atoms with E-state index in [0.29, 0.717) is 12.8 Å². The molecule has 0 aromatic heterocycles. The van der Waals surface area contributed by atoms with Gasteiger partial charge in [0.05, 0.1) is 0 Å². The Morgan fingerprint density at radius 1 is 0.939 bits per heavy atom. The molecule has 0 unspecified atom stereocenters. The van der Waals surface area contributed by atoms with Gasteiger partial charge in [-0.25, -0.2) is 4.79 Å². The van der Waals surface area contributed by atoms with Gasteiger partial charge in [0.15, 0.2) is 0 Å².